The predicted molar refractivity (Wildman–Crippen MR) is 115 cm³/mol. The Morgan fingerprint density at radius 1 is 0.933 bits per heavy atom. The smallest absolute Gasteiger partial charge is 0.257 e. The van der Waals surface area contributed by atoms with Crippen LogP contribution in [0.3, 0.4) is 0 Å². The summed E-state index contributed by atoms with van der Waals surface area (Å²) in [7, 11) is 0. The number of rotatable bonds is 4. The van der Waals surface area contributed by atoms with E-state index in [-0.39, 0.29) is 11.7 Å². The Bertz CT molecular complexity index is 1220. The number of anilines is 1. The van der Waals surface area contributed by atoms with E-state index in [4.69, 9.17) is 11.6 Å². The van der Waals surface area contributed by atoms with E-state index in [2.05, 4.69) is 5.32 Å². The molecule has 1 aromatic heterocycles. The van der Waals surface area contributed by atoms with Gasteiger partial charge in [0.05, 0.1) is 16.9 Å². The number of carbonyl (C=O) groups is 1. The summed E-state index contributed by atoms with van der Waals surface area (Å²) in [6.07, 6.45) is 0. The van der Waals surface area contributed by atoms with Crippen LogP contribution in [0, 0.1) is 18.6 Å². The molecule has 0 aliphatic rings. The van der Waals surface area contributed by atoms with Gasteiger partial charge < -0.3 is 9.88 Å². The molecule has 4 aromatic rings. The van der Waals surface area contributed by atoms with Gasteiger partial charge in [0.25, 0.3) is 5.91 Å². The highest BCUT2D eigenvalue weighted by atomic mass is 35.5. The van der Waals surface area contributed by atoms with E-state index in [1.165, 1.54) is 30.3 Å². The standard InChI is InChI=1S/C24H17ClF2N2O/c1-15-20(24(30)28-19-12-10-18(26)11-13-19)14-23(16-6-8-17(25)9-7-16)29(15)22-5-3-2-4-21(22)27/h2-14H,1H3,(H,28,30). The first-order valence-corrected chi connectivity index (χ1v) is 9.62. The summed E-state index contributed by atoms with van der Waals surface area (Å²) in [5.41, 5.74) is 3.19. The van der Waals surface area contributed by atoms with Crippen LogP contribution in [0.25, 0.3) is 16.9 Å². The second-order valence-electron chi connectivity index (χ2n) is 6.78. The molecule has 0 saturated heterocycles. The molecule has 0 saturated carbocycles. The molecule has 0 unspecified atom stereocenters. The Hall–Kier alpha value is -3.44. The van der Waals surface area contributed by atoms with Crippen LogP contribution < -0.4 is 5.32 Å². The van der Waals surface area contributed by atoms with E-state index in [1.807, 2.05) is 12.1 Å². The minimum absolute atomic E-state index is 0.334. The fraction of sp³-hybridized carbons (Fsp3) is 0.0417. The molecule has 0 radical (unpaired) electrons. The first-order valence-electron chi connectivity index (χ1n) is 9.24. The Morgan fingerprint density at radius 3 is 2.27 bits per heavy atom. The first-order chi connectivity index (χ1) is 14.4. The van der Waals surface area contributed by atoms with Gasteiger partial charge in [0.15, 0.2) is 0 Å². The lowest BCUT2D eigenvalue weighted by Gasteiger charge is -2.13. The molecule has 150 valence electrons. The summed E-state index contributed by atoms with van der Waals surface area (Å²) in [5, 5.41) is 3.34. The minimum atomic E-state index is -0.406. The molecule has 1 amide bonds. The van der Waals surface area contributed by atoms with E-state index < -0.39 is 5.82 Å². The van der Waals surface area contributed by atoms with Crippen molar-refractivity contribution in [1.82, 2.24) is 4.57 Å². The van der Waals surface area contributed by atoms with Gasteiger partial charge in [-0.05, 0) is 67.1 Å². The number of nitrogens with zero attached hydrogens (tertiary/aromatic N) is 1. The Morgan fingerprint density at radius 2 is 1.60 bits per heavy atom. The van der Waals surface area contributed by atoms with Crippen LogP contribution in [-0.4, -0.2) is 10.5 Å². The van der Waals surface area contributed by atoms with Crippen molar-refractivity contribution in [2.24, 2.45) is 0 Å². The molecule has 0 aliphatic heterocycles. The first kappa shape index (κ1) is 19.9. The zero-order valence-electron chi connectivity index (χ0n) is 16.0. The van der Waals surface area contributed by atoms with Crippen LogP contribution in [0.2, 0.25) is 5.02 Å². The Kier molecular flexibility index (Phi) is 5.38. The third-order valence-electron chi connectivity index (χ3n) is 4.83. The average molecular weight is 423 g/mol. The fourth-order valence-corrected chi connectivity index (χ4v) is 3.47. The molecule has 30 heavy (non-hydrogen) atoms. The van der Waals surface area contributed by atoms with Crippen molar-refractivity contribution in [3.05, 3.63) is 107 Å². The fourth-order valence-electron chi connectivity index (χ4n) is 3.34. The summed E-state index contributed by atoms with van der Waals surface area (Å²) in [5.74, 6) is -1.17. The molecular weight excluding hydrogens is 406 g/mol. The van der Waals surface area contributed by atoms with Gasteiger partial charge in [-0.15, -0.1) is 0 Å². The van der Waals surface area contributed by atoms with Crippen molar-refractivity contribution in [3.8, 4) is 16.9 Å². The van der Waals surface area contributed by atoms with Crippen molar-refractivity contribution < 1.29 is 13.6 Å². The van der Waals surface area contributed by atoms with Crippen molar-refractivity contribution in [3.63, 3.8) is 0 Å². The van der Waals surface area contributed by atoms with Gasteiger partial charge in [-0.2, -0.15) is 0 Å². The van der Waals surface area contributed by atoms with Gasteiger partial charge in [-0.1, -0.05) is 35.9 Å². The van der Waals surface area contributed by atoms with E-state index in [0.717, 1.165) is 5.56 Å². The van der Waals surface area contributed by atoms with Gasteiger partial charge in [-0.3, -0.25) is 4.79 Å². The number of carbonyl (C=O) groups excluding carboxylic acids is 1. The number of amides is 1. The Labute approximate surface area is 177 Å². The zero-order chi connectivity index (χ0) is 21.3. The van der Waals surface area contributed by atoms with Crippen LogP contribution in [0.4, 0.5) is 14.5 Å². The second kappa shape index (κ2) is 8.13. The third kappa shape index (κ3) is 3.84. The van der Waals surface area contributed by atoms with Crippen molar-refractivity contribution in [1.29, 1.82) is 0 Å². The lowest BCUT2D eigenvalue weighted by Crippen LogP contribution is -2.13. The highest BCUT2D eigenvalue weighted by Crippen LogP contribution is 2.31. The van der Waals surface area contributed by atoms with Gasteiger partial charge >= 0.3 is 0 Å². The monoisotopic (exact) mass is 422 g/mol. The molecule has 0 fully saturated rings. The number of benzene rings is 3. The summed E-state index contributed by atoms with van der Waals surface area (Å²) in [6.45, 7) is 1.76. The third-order valence-corrected chi connectivity index (χ3v) is 5.08. The second-order valence-corrected chi connectivity index (χ2v) is 7.22. The molecule has 4 rings (SSSR count). The molecule has 0 aliphatic carbocycles. The molecule has 0 atom stereocenters. The number of halogens is 3. The minimum Gasteiger partial charge on any atom is -0.322 e. The van der Waals surface area contributed by atoms with Crippen LogP contribution in [0.5, 0.6) is 0 Å². The van der Waals surface area contributed by atoms with E-state index in [1.54, 1.807) is 47.9 Å². The quantitative estimate of drug-likeness (QED) is 0.393. The molecule has 0 bridgehead atoms. The summed E-state index contributed by atoms with van der Waals surface area (Å²) in [6, 6.07) is 20.7. The normalized spacial score (nSPS) is 10.8. The van der Waals surface area contributed by atoms with Gasteiger partial charge in [0, 0.05) is 16.4 Å². The van der Waals surface area contributed by atoms with Crippen molar-refractivity contribution in [2.75, 3.05) is 5.32 Å². The molecule has 3 nitrogen and oxygen atoms in total. The maximum atomic E-state index is 14.6. The van der Waals surface area contributed by atoms with E-state index in [0.29, 0.717) is 33.3 Å². The maximum absolute atomic E-state index is 14.6. The average Bonchev–Trinajstić information content (AvgIpc) is 3.08. The van der Waals surface area contributed by atoms with Gasteiger partial charge in [-0.25, -0.2) is 8.78 Å². The highest BCUT2D eigenvalue weighted by Gasteiger charge is 2.21. The van der Waals surface area contributed by atoms with E-state index in [9.17, 15) is 13.6 Å². The number of hydrogen-bond acceptors (Lipinski definition) is 1. The van der Waals surface area contributed by atoms with Crippen LogP contribution in [0.1, 0.15) is 16.1 Å². The number of aromatic nitrogens is 1. The largest absolute Gasteiger partial charge is 0.322 e. The van der Waals surface area contributed by atoms with Crippen LogP contribution >= 0.6 is 11.6 Å². The van der Waals surface area contributed by atoms with Gasteiger partial charge in [0.1, 0.15) is 11.6 Å². The summed E-state index contributed by atoms with van der Waals surface area (Å²) < 4.78 is 29.5. The number of hydrogen-bond donors (Lipinski definition) is 1. The lowest BCUT2D eigenvalue weighted by atomic mass is 10.1. The lowest BCUT2D eigenvalue weighted by molar-refractivity contribution is 0.102. The zero-order valence-corrected chi connectivity index (χ0v) is 16.8. The maximum Gasteiger partial charge on any atom is 0.257 e. The summed E-state index contributed by atoms with van der Waals surface area (Å²) >= 11 is 6.01. The van der Waals surface area contributed by atoms with Crippen LogP contribution in [0.15, 0.2) is 78.9 Å². The molecular formula is C24H17ClF2N2O. The SMILES string of the molecule is Cc1c(C(=O)Nc2ccc(F)cc2)cc(-c2ccc(Cl)cc2)n1-c1ccccc1F. The highest BCUT2D eigenvalue weighted by molar-refractivity contribution is 6.30. The van der Waals surface area contributed by atoms with E-state index >= 15 is 0 Å². The molecule has 6 heteroatoms. The topological polar surface area (TPSA) is 34.0 Å². The predicted octanol–water partition coefficient (Wildman–Crippen LogP) is 6.64. The molecule has 1 N–H and O–H groups in total. The number of para-hydroxylation sites is 1. The molecule has 1 heterocycles. The van der Waals surface area contributed by atoms with Gasteiger partial charge in [0.2, 0.25) is 0 Å². The Balaban J connectivity index is 1.83. The van der Waals surface area contributed by atoms with Crippen LogP contribution in [-0.2, 0) is 0 Å². The number of nitrogens with one attached hydrogen (secondary N) is 1. The molecule has 3 aromatic carbocycles. The molecule has 0 spiro atoms. The van der Waals surface area contributed by atoms with Crippen molar-refractivity contribution >= 4 is 23.2 Å². The van der Waals surface area contributed by atoms with Crippen molar-refractivity contribution in [2.45, 2.75) is 6.92 Å². The summed E-state index contributed by atoms with van der Waals surface area (Å²) in [4.78, 5) is 13.0.